The van der Waals surface area contributed by atoms with Crippen molar-refractivity contribution in [3.63, 3.8) is 0 Å². The van der Waals surface area contributed by atoms with E-state index in [9.17, 15) is 0 Å². The van der Waals surface area contributed by atoms with Crippen molar-refractivity contribution in [2.75, 3.05) is 18.6 Å². The summed E-state index contributed by atoms with van der Waals surface area (Å²) in [5.41, 5.74) is 8.27. The lowest BCUT2D eigenvalue weighted by molar-refractivity contribution is 0.133. The predicted octanol–water partition coefficient (Wildman–Crippen LogP) is 6.12. The third kappa shape index (κ3) is 4.15. The normalized spacial score (nSPS) is 15.0. The Morgan fingerprint density at radius 3 is 2.63 bits per heavy atom. The molecule has 0 bridgehead atoms. The second-order valence-corrected chi connectivity index (χ2v) is 10.1. The van der Waals surface area contributed by atoms with Gasteiger partial charge in [0.05, 0.1) is 42.3 Å². The molecule has 3 heterocycles. The SMILES string of the molecule is COc1ccc(-c2c(C)nn3c(N(Cc4ccc(C)cc4)CC4CC4)c4c(nc23)COC4)c(Cl)c1. The molecule has 0 radical (unpaired) electrons. The summed E-state index contributed by atoms with van der Waals surface area (Å²) in [7, 11) is 1.64. The van der Waals surface area contributed by atoms with Crippen LogP contribution in [0.4, 0.5) is 5.82 Å². The van der Waals surface area contributed by atoms with Crippen molar-refractivity contribution in [1.82, 2.24) is 14.6 Å². The number of rotatable bonds is 7. The molecule has 0 saturated heterocycles. The number of hydrogen-bond donors (Lipinski definition) is 0. The maximum absolute atomic E-state index is 6.71. The summed E-state index contributed by atoms with van der Waals surface area (Å²) in [5, 5.41) is 5.64. The first-order valence-electron chi connectivity index (χ1n) is 12.1. The van der Waals surface area contributed by atoms with Crippen molar-refractivity contribution < 1.29 is 9.47 Å². The van der Waals surface area contributed by atoms with E-state index >= 15 is 0 Å². The molecule has 1 aliphatic heterocycles. The van der Waals surface area contributed by atoms with Gasteiger partial charge in [-0.05, 0) is 56.4 Å². The molecule has 0 amide bonds. The van der Waals surface area contributed by atoms with Gasteiger partial charge in [-0.1, -0.05) is 41.4 Å². The lowest BCUT2D eigenvalue weighted by Crippen LogP contribution is -2.29. The second-order valence-electron chi connectivity index (χ2n) is 9.70. The quantitative estimate of drug-likeness (QED) is 0.313. The molecule has 0 spiro atoms. The van der Waals surface area contributed by atoms with Crippen LogP contribution >= 0.6 is 11.6 Å². The van der Waals surface area contributed by atoms with Crippen LogP contribution in [0, 0.1) is 19.8 Å². The van der Waals surface area contributed by atoms with Crippen molar-refractivity contribution in [3.05, 3.63) is 75.6 Å². The van der Waals surface area contributed by atoms with E-state index in [2.05, 4.69) is 36.1 Å². The minimum Gasteiger partial charge on any atom is -0.497 e. The number of aromatic nitrogens is 3. The first-order valence-corrected chi connectivity index (χ1v) is 12.5. The van der Waals surface area contributed by atoms with Crippen LogP contribution in [0.15, 0.2) is 42.5 Å². The van der Waals surface area contributed by atoms with Crippen LogP contribution in [0.2, 0.25) is 5.02 Å². The van der Waals surface area contributed by atoms with Gasteiger partial charge in [0, 0.05) is 24.2 Å². The molecule has 180 valence electrons. The molecule has 0 N–H and O–H groups in total. The van der Waals surface area contributed by atoms with Crippen molar-refractivity contribution in [3.8, 4) is 16.9 Å². The number of ether oxygens (including phenoxy) is 2. The average Bonchev–Trinajstić information content (AvgIpc) is 3.44. The van der Waals surface area contributed by atoms with Crippen molar-refractivity contribution in [1.29, 1.82) is 0 Å². The van der Waals surface area contributed by atoms with E-state index in [0.29, 0.717) is 24.2 Å². The summed E-state index contributed by atoms with van der Waals surface area (Å²) in [6.07, 6.45) is 2.56. The van der Waals surface area contributed by atoms with E-state index in [1.807, 2.05) is 29.6 Å². The minimum absolute atomic E-state index is 0.515. The van der Waals surface area contributed by atoms with Crippen molar-refractivity contribution in [2.45, 2.75) is 46.4 Å². The number of methoxy groups -OCH3 is 1. The summed E-state index contributed by atoms with van der Waals surface area (Å²) in [5.74, 6) is 2.53. The zero-order chi connectivity index (χ0) is 24.1. The van der Waals surface area contributed by atoms with Crippen LogP contribution in [0.5, 0.6) is 5.75 Å². The topological polar surface area (TPSA) is 51.9 Å². The molecule has 1 saturated carbocycles. The highest BCUT2D eigenvalue weighted by molar-refractivity contribution is 6.33. The van der Waals surface area contributed by atoms with Crippen LogP contribution in [0.1, 0.15) is 40.9 Å². The molecule has 7 heteroatoms. The summed E-state index contributed by atoms with van der Waals surface area (Å²) in [6.45, 7) is 7.04. The Labute approximate surface area is 210 Å². The molecule has 1 aliphatic carbocycles. The highest BCUT2D eigenvalue weighted by atomic mass is 35.5. The van der Waals surface area contributed by atoms with Crippen LogP contribution in [0.25, 0.3) is 16.8 Å². The maximum Gasteiger partial charge on any atom is 0.165 e. The molecule has 4 aromatic rings. The third-order valence-corrected chi connectivity index (χ3v) is 7.31. The fraction of sp³-hybridized carbons (Fsp3) is 0.357. The zero-order valence-corrected chi connectivity index (χ0v) is 21.1. The van der Waals surface area contributed by atoms with Crippen LogP contribution in [-0.2, 0) is 24.5 Å². The van der Waals surface area contributed by atoms with Gasteiger partial charge in [-0.2, -0.15) is 9.61 Å². The molecule has 0 unspecified atom stereocenters. The van der Waals surface area contributed by atoms with Gasteiger partial charge in [0.2, 0.25) is 0 Å². The van der Waals surface area contributed by atoms with Gasteiger partial charge < -0.3 is 14.4 Å². The first-order chi connectivity index (χ1) is 17.0. The largest absolute Gasteiger partial charge is 0.497 e. The number of hydrogen-bond acceptors (Lipinski definition) is 5. The summed E-state index contributed by atoms with van der Waals surface area (Å²) in [6, 6.07) is 14.6. The fourth-order valence-corrected chi connectivity index (χ4v) is 5.22. The fourth-order valence-electron chi connectivity index (χ4n) is 4.95. The van der Waals surface area contributed by atoms with Crippen LogP contribution in [-0.4, -0.2) is 28.3 Å². The Bertz CT molecular complexity index is 1410. The van der Waals surface area contributed by atoms with E-state index in [0.717, 1.165) is 58.4 Å². The minimum atomic E-state index is 0.515. The van der Waals surface area contributed by atoms with E-state index in [4.69, 9.17) is 31.2 Å². The molecule has 6 nitrogen and oxygen atoms in total. The molecule has 6 rings (SSSR count). The number of aryl methyl sites for hydroxylation is 2. The van der Waals surface area contributed by atoms with Gasteiger partial charge in [0.25, 0.3) is 0 Å². The van der Waals surface area contributed by atoms with Crippen molar-refractivity contribution in [2.24, 2.45) is 5.92 Å². The molecule has 0 atom stereocenters. The van der Waals surface area contributed by atoms with Gasteiger partial charge >= 0.3 is 0 Å². The van der Waals surface area contributed by atoms with Gasteiger partial charge in [0.15, 0.2) is 5.65 Å². The average molecular weight is 489 g/mol. The number of halogens is 1. The van der Waals surface area contributed by atoms with Crippen LogP contribution in [0.3, 0.4) is 0 Å². The van der Waals surface area contributed by atoms with Crippen LogP contribution < -0.4 is 9.64 Å². The smallest absolute Gasteiger partial charge is 0.165 e. The van der Waals surface area contributed by atoms with E-state index in [1.54, 1.807) is 7.11 Å². The first kappa shape index (κ1) is 22.4. The lowest BCUT2D eigenvalue weighted by Gasteiger charge is -2.27. The molecular weight excluding hydrogens is 460 g/mol. The van der Waals surface area contributed by atoms with E-state index in [-0.39, 0.29) is 0 Å². The molecule has 2 aromatic heterocycles. The van der Waals surface area contributed by atoms with Gasteiger partial charge in [-0.25, -0.2) is 4.98 Å². The predicted molar refractivity (Wildman–Crippen MR) is 138 cm³/mol. The number of benzene rings is 2. The monoisotopic (exact) mass is 488 g/mol. The maximum atomic E-state index is 6.71. The standard InChI is InChI=1S/C28H29ClN4O2/c1-17-4-6-19(7-5-17)13-32(14-20-8-9-20)28-23-15-35-16-25(23)30-27-26(18(2)31-33(27)28)22-11-10-21(34-3)12-24(22)29/h4-7,10-12,20H,8-9,13-16H2,1-3H3. The van der Waals surface area contributed by atoms with E-state index < -0.39 is 0 Å². The summed E-state index contributed by atoms with van der Waals surface area (Å²) in [4.78, 5) is 7.53. The molecule has 2 aliphatic rings. The summed E-state index contributed by atoms with van der Waals surface area (Å²) >= 11 is 6.71. The Balaban J connectivity index is 1.53. The number of fused-ring (bicyclic) bond motifs is 2. The molecule has 35 heavy (non-hydrogen) atoms. The summed E-state index contributed by atoms with van der Waals surface area (Å²) < 4.78 is 13.3. The Hall–Kier alpha value is -3.09. The van der Waals surface area contributed by atoms with Crippen molar-refractivity contribution >= 4 is 23.1 Å². The third-order valence-electron chi connectivity index (χ3n) is 7.00. The Morgan fingerprint density at radius 2 is 1.91 bits per heavy atom. The number of nitrogens with zero attached hydrogens (tertiary/aromatic N) is 4. The second kappa shape index (κ2) is 8.85. The number of anilines is 1. The zero-order valence-electron chi connectivity index (χ0n) is 20.3. The van der Waals surface area contributed by atoms with E-state index in [1.165, 1.54) is 24.0 Å². The molecule has 1 fully saturated rings. The van der Waals surface area contributed by atoms with Gasteiger partial charge in [-0.15, -0.1) is 0 Å². The van der Waals surface area contributed by atoms with Gasteiger partial charge in [0.1, 0.15) is 11.6 Å². The highest BCUT2D eigenvalue weighted by Crippen LogP contribution is 2.40. The Morgan fingerprint density at radius 1 is 1.11 bits per heavy atom. The highest BCUT2D eigenvalue weighted by Gasteiger charge is 2.31. The van der Waals surface area contributed by atoms with Gasteiger partial charge in [-0.3, -0.25) is 0 Å². The Kier molecular flexibility index (Phi) is 5.66. The molecule has 2 aromatic carbocycles. The molecular formula is C28H29ClN4O2. The lowest BCUT2D eigenvalue weighted by atomic mass is 10.1.